The minimum Gasteiger partial charge on any atom is -0.459 e. The van der Waals surface area contributed by atoms with E-state index in [2.05, 4.69) is 27.6 Å². The molecule has 0 amide bonds. The molecular weight excluding hydrogens is 266 g/mol. The van der Waals surface area contributed by atoms with Crippen molar-refractivity contribution in [3.8, 4) is 0 Å². The predicted molar refractivity (Wildman–Crippen MR) is 89.8 cm³/mol. The minimum atomic E-state index is -0.398. The predicted octanol–water partition coefficient (Wildman–Crippen LogP) is 3.31. The van der Waals surface area contributed by atoms with Crippen LogP contribution in [0.4, 0.5) is 0 Å². The number of ether oxygens (including phenoxy) is 1. The first-order valence-corrected chi connectivity index (χ1v) is 10.9. The van der Waals surface area contributed by atoms with Gasteiger partial charge in [0.2, 0.25) is 0 Å². The first kappa shape index (κ1) is 19.6. The fourth-order valence-corrected chi connectivity index (χ4v) is 3.34. The quantitative estimate of drug-likeness (QED) is 0.283. The van der Waals surface area contributed by atoms with Gasteiger partial charge in [-0.05, 0) is 27.2 Å². The average molecular weight is 303 g/mol. The molecule has 0 N–H and O–H groups in total. The van der Waals surface area contributed by atoms with Gasteiger partial charge in [-0.2, -0.15) is 0 Å². The zero-order chi connectivity index (χ0) is 15.8. The van der Waals surface area contributed by atoms with Crippen LogP contribution in [-0.4, -0.2) is 53.0 Å². The smallest absolute Gasteiger partial charge is 0.311 e. The zero-order valence-corrected chi connectivity index (χ0v) is 15.9. The number of hydrogen-bond donors (Lipinski definition) is 0. The highest BCUT2D eigenvalue weighted by Gasteiger charge is 2.24. The number of unbranched alkanes of at least 4 members (excludes halogenated alkanes) is 1. The third-order valence-corrected chi connectivity index (χ3v) is 6.74. The van der Waals surface area contributed by atoms with Crippen molar-refractivity contribution in [2.75, 3.05) is 33.8 Å². The maximum atomic E-state index is 11.7. The lowest BCUT2D eigenvalue weighted by molar-refractivity contribution is -0.890. The van der Waals surface area contributed by atoms with Crippen molar-refractivity contribution < 1.29 is 14.0 Å². The van der Waals surface area contributed by atoms with Gasteiger partial charge in [0.15, 0.2) is 0 Å². The normalized spacial score (nSPS) is 14.2. The van der Waals surface area contributed by atoms with Crippen LogP contribution in [-0.2, 0) is 9.53 Å². The molecule has 0 aromatic carbocycles. The molecule has 0 aliphatic heterocycles. The number of likely N-dealkylation sites (N-methyl/N-ethyl adjacent to an activating group) is 1. The number of esters is 1. The van der Waals surface area contributed by atoms with Crippen LogP contribution in [0.5, 0.6) is 0 Å². The lowest BCUT2D eigenvalue weighted by Gasteiger charge is -2.30. The summed E-state index contributed by atoms with van der Waals surface area (Å²) >= 11 is 0. The lowest BCUT2D eigenvalue weighted by atomic mass is 9.97. The van der Waals surface area contributed by atoms with Crippen LogP contribution in [0.2, 0.25) is 18.6 Å². The van der Waals surface area contributed by atoms with E-state index in [9.17, 15) is 4.79 Å². The molecule has 0 spiro atoms. The highest BCUT2D eigenvalue weighted by atomic mass is 28.3. The molecule has 0 bridgehead atoms. The highest BCUT2D eigenvalue weighted by molar-refractivity contribution is 6.57. The molecule has 0 aliphatic rings. The van der Waals surface area contributed by atoms with Crippen LogP contribution >= 0.6 is 0 Å². The maximum Gasteiger partial charge on any atom is 0.311 e. The van der Waals surface area contributed by atoms with Gasteiger partial charge in [0.1, 0.15) is 13.2 Å². The highest BCUT2D eigenvalue weighted by Crippen LogP contribution is 2.15. The Morgan fingerprint density at radius 3 is 2.25 bits per heavy atom. The van der Waals surface area contributed by atoms with Gasteiger partial charge in [-0.25, -0.2) is 0 Å². The van der Waals surface area contributed by atoms with Crippen LogP contribution in [0.3, 0.4) is 0 Å². The molecule has 0 saturated heterocycles. The standard InChI is InChI=1S/C16H36NO2Si/c1-8-20(7)14-10-9-11-17(5,6)12-13-19-15(18)16(2,3)4/h20H,8-14H2,1-7H3/q+1. The minimum absolute atomic E-state index is 0.0970. The van der Waals surface area contributed by atoms with E-state index in [1.807, 2.05) is 20.8 Å². The van der Waals surface area contributed by atoms with Crippen LogP contribution < -0.4 is 0 Å². The van der Waals surface area contributed by atoms with E-state index in [-0.39, 0.29) is 5.97 Å². The second-order valence-electron chi connectivity index (χ2n) is 7.78. The molecule has 0 radical (unpaired) electrons. The second-order valence-corrected chi connectivity index (χ2v) is 11.4. The summed E-state index contributed by atoms with van der Waals surface area (Å²) in [6.45, 7) is 13.1. The van der Waals surface area contributed by atoms with E-state index in [4.69, 9.17) is 4.74 Å². The van der Waals surface area contributed by atoms with Crippen LogP contribution in [0.15, 0.2) is 0 Å². The Labute approximate surface area is 127 Å². The van der Waals surface area contributed by atoms with E-state index in [0.717, 1.165) is 11.0 Å². The molecule has 0 rings (SSSR count). The molecule has 0 fully saturated rings. The molecule has 4 heteroatoms. The molecule has 0 saturated carbocycles. The van der Waals surface area contributed by atoms with E-state index in [1.54, 1.807) is 0 Å². The third kappa shape index (κ3) is 9.53. The first-order valence-electron chi connectivity index (χ1n) is 8.07. The molecule has 3 nitrogen and oxygen atoms in total. The van der Waals surface area contributed by atoms with Crippen LogP contribution in [0.25, 0.3) is 0 Å². The second kappa shape index (κ2) is 8.83. The average Bonchev–Trinajstić information content (AvgIpc) is 2.32. The Balaban J connectivity index is 3.82. The van der Waals surface area contributed by atoms with Crippen LogP contribution in [0.1, 0.15) is 40.5 Å². The van der Waals surface area contributed by atoms with Crippen molar-refractivity contribution in [2.24, 2.45) is 5.41 Å². The number of rotatable bonds is 9. The molecule has 120 valence electrons. The molecule has 0 aromatic heterocycles. The largest absolute Gasteiger partial charge is 0.459 e. The molecular formula is C16H36NO2Si+. The van der Waals surface area contributed by atoms with Crippen molar-refractivity contribution in [3.63, 3.8) is 0 Å². The van der Waals surface area contributed by atoms with Gasteiger partial charge in [0.05, 0.1) is 26.1 Å². The third-order valence-electron chi connectivity index (χ3n) is 3.95. The van der Waals surface area contributed by atoms with Gasteiger partial charge in [0.25, 0.3) is 0 Å². The maximum absolute atomic E-state index is 11.7. The topological polar surface area (TPSA) is 26.3 Å². The number of carbonyl (C=O) groups is 1. The van der Waals surface area contributed by atoms with Gasteiger partial charge >= 0.3 is 5.97 Å². The SMILES string of the molecule is CC[SiH](C)CCCC[N+](C)(C)CCOC(=O)C(C)(C)C. The zero-order valence-electron chi connectivity index (χ0n) is 14.8. The Bertz CT molecular complexity index is 285. The summed E-state index contributed by atoms with van der Waals surface area (Å²) in [5, 5.41) is 0. The monoisotopic (exact) mass is 302 g/mol. The van der Waals surface area contributed by atoms with Crippen molar-refractivity contribution in [3.05, 3.63) is 0 Å². The van der Waals surface area contributed by atoms with E-state index in [1.165, 1.54) is 31.5 Å². The summed E-state index contributed by atoms with van der Waals surface area (Å²) in [6, 6.07) is 2.89. The summed E-state index contributed by atoms with van der Waals surface area (Å²) in [6.07, 6.45) is 2.66. The number of quaternary nitrogens is 1. The summed E-state index contributed by atoms with van der Waals surface area (Å²) in [7, 11) is 4.06. The van der Waals surface area contributed by atoms with Gasteiger partial charge in [-0.3, -0.25) is 4.79 Å². The first-order chi connectivity index (χ1) is 9.08. The molecule has 0 heterocycles. The summed E-state index contributed by atoms with van der Waals surface area (Å²) in [4.78, 5) is 11.7. The lowest BCUT2D eigenvalue weighted by Crippen LogP contribution is -2.43. The molecule has 0 aliphatic carbocycles. The molecule has 0 aromatic rings. The van der Waals surface area contributed by atoms with E-state index >= 15 is 0 Å². The number of hydrogen-bond acceptors (Lipinski definition) is 2. The van der Waals surface area contributed by atoms with Crippen molar-refractivity contribution in [1.29, 1.82) is 0 Å². The molecule has 20 heavy (non-hydrogen) atoms. The van der Waals surface area contributed by atoms with Crippen molar-refractivity contribution in [1.82, 2.24) is 0 Å². The molecule has 1 atom stereocenters. The Morgan fingerprint density at radius 2 is 1.75 bits per heavy atom. The van der Waals surface area contributed by atoms with Crippen LogP contribution in [0, 0.1) is 5.41 Å². The number of nitrogens with zero attached hydrogens (tertiary/aromatic N) is 1. The number of carbonyl (C=O) groups excluding carboxylic acids is 1. The Hall–Kier alpha value is -0.353. The summed E-state index contributed by atoms with van der Waals surface area (Å²) in [5.41, 5.74) is -0.391. The summed E-state index contributed by atoms with van der Waals surface area (Å²) in [5.74, 6) is -0.0970. The van der Waals surface area contributed by atoms with Crippen molar-refractivity contribution >= 4 is 14.8 Å². The Morgan fingerprint density at radius 1 is 1.15 bits per heavy atom. The van der Waals surface area contributed by atoms with Gasteiger partial charge in [-0.15, -0.1) is 0 Å². The van der Waals surface area contributed by atoms with Gasteiger partial charge < -0.3 is 9.22 Å². The fourth-order valence-electron chi connectivity index (χ4n) is 1.95. The van der Waals surface area contributed by atoms with Gasteiger partial charge in [0, 0.05) is 8.80 Å². The molecule has 1 unspecified atom stereocenters. The summed E-state index contributed by atoms with van der Waals surface area (Å²) < 4.78 is 6.30. The van der Waals surface area contributed by atoms with E-state index < -0.39 is 14.2 Å². The fraction of sp³-hybridized carbons (Fsp3) is 0.938. The Kier molecular flexibility index (Phi) is 8.67. The van der Waals surface area contributed by atoms with Gasteiger partial charge in [-0.1, -0.05) is 32.0 Å². The van der Waals surface area contributed by atoms with E-state index in [0.29, 0.717) is 6.61 Å². The van der Waals surface area contributed by atoms with Crippen molar-refractivity contribution in [2.45, 2.75) is 59.2 Å².